The summed E-state index contributed by atoms with van der Waals surface area (Å²) in [5, 5.41) is 0.454. The minimum Gasteiger partial charge on any atom is -0.493 e. The number of hydrogen-bond donors (Lipinski definition) is 1. The number of hydrogen-bond acceptors (Lipinski definition) is 4. The summed E-state index contributed by atoms with van der Waals surface area (Å²) in [6.07, 6.45) is -0.294. The molecule has 0 aliphatic rings. The second-order valence-electron chi connectivity index (χ2n) is 2.98. The van der Waals surface area contributed by atoms with Crippen molar-refractivity contribution in [3.05, 3.63) is 22.7 Å². The van der Waals surface area contributed by atoms with Crippen LogP contribution in [0.15, 0.2) is 12.1 Å². The standard InChI is InChI=1S/C10H14ClNO3/c1-6(15-12)7-4-5-8(13-2)10(14-3)9(7)11/h4-6H,12H2,1-3H3. The lowest BCUT2D eigenvalue weighted by molar-refractivity contribution is 0.0663. The number of nitrogens with two attached hydrogens (primary N) is 1. The van der Waals surface area contributed by atoms with Crippen molar-refractivity contribution in [2.24, 2.45) is 5.90 Å². The fraction of sp³-hybridized carbons (Fsp3) is 0.400. The molecule has 1 aromatic rings. The Kier molecular flexibility index (Phi) is 4.20. The number of methoxy groups -OCH3 is 2. The molecule has 1 unspecified atom stereocenters. The minimum atomic E-state index is -0.294. The molecule has 4 nitrogen and oxygen atoms in total. The highest BCUT2D eigenvalue weighted by atomic mass is 35.5. The molecular formula is C10H14ClNO3. The number of halogens is 1. The highest BCUT2D eigenvalue weighted by Gasteiger charge is 2.17. The Morgan fingerprint density at radius 3 is 2.40 bits per heavy atom. The first-order chi connectivity index (χ1) is 7.15. The average Bonchev–Trinajstić information content (AvgIpc) is 2.27. The third kappa shape index (κ3) is 2.34. The van der Waals surface area contributed by atoms with Crippen molar-refractivity contribution >= 4 is 11.6 Å². The smallest absolute Gasteiger partial charge is 0.179 e. The van der Waals surface area contributed by atoms with Gasteiger partial charge in [-0.1, -0.05) is 17.7 Å². The molecule has 0 amide bonds. The van der Waals surface area contributed by atoms with E-state index in [2.05, 4.69) is 0 Å². The van der Waals surface area contributed by atoms with E-state index in [9.17, 15) is 0 Å². The molecule has 0 aromatic heterocycles. The summed E-state index contributed by atoms with van der Waals surface area (Å²) in [6, 6.07) is 3.55. The summed E-state index contributed by atoms with van der Waals surface area (Å²) < 4.78 is 10.3. The summed E-state index contributed by atoms with van der Waals surface area (Å²) in [7, 11) is 3.08. The maximum Gasteiger partial charge on any atom is 0.179 e. The van der Waals surface area contributed by atoms with Gasteiger partial charge in [-0.2, -0.15) is 0 Å². The molecule has 0 radical (unpaired) electrons. The molecule has 84 valence electrons. The van der Waals surface area contributed by atoms with Crippen LogP contribution in [0.4, 0.5) is 0 Å². The van der Waals surface area contributed by atoms with Crippen LogP contribution in [-0.2, 0) is 4.84 Å². The van der Waals surface area contributed by atoms with E-state index in [4.69, 9.17) is 31.8 Å². The van der Waals surface area contributed by atoms with Crippen LogP contribution >= 0.6 is 11.6 Å². The van der Waals surface area contributed by atoms with Crippen molar-refractivity contribution in [3.63, 3.8) is 0 Å². The van der Waals surface area contributed by atoms with E-state index in [0.29, 0.717) is 16.5 Å². The molecule has 2 N–H and O–H groups in total. The zero-order valence-corrected chi connectivity index (χ0v) is 9.67. The molecule has 1 rings (SSSR count). The van der Waals surface area contributed by atoms with Gasteiger partial charge < -0.3 is 9.47 Å². The Labute approximate surface area is 93.8 Å². The third-order valence-electron chi connectivity index (χ3n) is 2.16. The van der Waals surface area contributed by atoms with Crippen LogP contribution < -0.4 is 15.4 Å². The number of rotatable bonds is 4. The van der Waals surface area contributed by atoms with E-state index in [0.717, 1.165) is 5.56 Å². The predicted molar refractivity (Wildman–Crippen MR) is 58.2 cm³/mol. The van der Waals surface area contributed by atoms with E-state index in [1.165, 1.54) is 7.11 Å². The molecule has 0 saturated carbocycles. The number of benzene rings is 1. The fourth-order valence-electron chi connectivity index (χ4n) is 1.29. The second kappa shape index (κ2) is 5.21. The fourth-order valence-corrected chi connectivity index (χ4v) is 1.68. The Morgan fingerprint density at radius 2 is 1.93 bits per heavy atom. The van der Waals surface area contributed by atoms with Gasteiger partial charge in [0.1, 0.15) is 6.10 Å². The summed E-state index contributed by atoms with van der Waals surface area (Å²) in [5.74, 6) is 6.17. The maximum atomic E-state index is 6.13. The van der Waals surface area contributed by atoms with Crippen molar-refractivity contribution in [3.8, 4) is 11.5 Å². The van der Waals surface area contributed by atoms with Crippen molar-refractivity contribution < 1.29 is 14.3 Å². The molecule has 0 fully saturated rings. The van der Waals surface area contributed by atoms with Gasteiger partial charge in [0, 0.05) is 5.56 Å². The van der Waals surface area contributed by atoms with Crippen molar-refractivity contribution in [2.75, 3.05) is 14.2 Å². The van der Waals surface area contributed by atoms with Gasteiger partial charge in [-0.15, -0.1) is 0 Å². The molecule has 5 heteroatoms. The van der Waals surface area contributed by atoms with Gasteiger partial charge in [0.15, 0.2) is 11.5 Å². The Bertz CT molecular complexity index is 344. The molecular weight excluding hydrogens is 218 g/mol. The van der Waals surface area contributed by atoms with Gasteiger partial charge in [-0.05, 0) is 13.0 Å². The molecule has 0 aliphatic heterocycles. The monoisotopic (exact) mass is 231 g/mol. The lowest BCUT2D eigenvalue weighted by Gasteiger charge is -2.15. The quantitative estimate of drug-likeness (QED) is 0.808. The molecule has 0 bridgehead atoms. The topological polar surface area (TPSA) is 53.7 Å². The summed E-state index contributed by atoms with van der Waals surface area (Å²) in [5.41, 5.74) is 0.761. The van der Waals surface area contributed by atoms with Gasteiger partial charge >= 0.3 is 0 Å². The SMILES string of the molecule is COc1ccc(C(C)ON)c(Cl)c1OC. The van der Waals surface area contributed by atoms with Crippen molar-refractivity contribution in [2.45, 2.75) is 13.0 Å². The van der Waals surface area contributed by atoms with Gasteiger partial charge in [0.25, 0.3) is 0 Å². The zero-order valence-electron chi connectivity index (χ0n) is 8.91. The van der Waals surface area contributed by atoms with Gasteiger partial charge in [-0.25, -0.2) is 5.90 Å². The van der Waals surface area contributed by atoms with Gasteiger partial charge in [0.05, 0.1) is 19.2 Å². The van der Waals surface area contributed by atoms with Crippen LogP contribution in [0.1, 0.15) is 18.6 Å². The zero-order chi connectivity index (χ0) is 11.4. The van der Waals surface area contributed by atoms with Crippen LogP contribution in [0.5, 0.6) is 11.5 Å². The first kappa shape index (κ1) is 12.1. The van der Waals surface area contributed by atoms with Gasteiger partial charge in [0.2, 0.25) is 0 Å². The number of ether oxygens (including phenoxy) is 2. The van der Waals surface area contributed by atoms with Crippen LogP contribution in [0.3, 0.4) is 0 Å². The van der Waals surface area contributed by atoms with E-state index < -0.39 is 0 Å². The molecule has 1 aromatic carbocycles. The first-order valence-corrected chi connectivity index (χ1v) is 4.79. The predicted octanol–water partition coefficient (Wildman–Crippen LogP) is 2.31. The second-order valence-corrected chi connectivity index (χ2v) is 3.36. The van der Waals surface area contributed by atoms with Crippen molar-refractivity contribution in [1.29, 1.82) is 0 Å². The third-order valence-corrected chi connectivity index (χ3v) is 2.55. The molecule has 15 heavy (non-hydrogen) atoms. The van der Waals surface area contributed by atoms with E-state index >= 15 is 0 Å². The Morgan fingerprint density at radius 1 is 1.27 bits per heavy atom. The van der Waals surface area contributed by atoms with E-state index in [-0.39, 0.29) is 6.10 Å². The Hall–Kier alpha value is -0.970. The van der Waals surface area contributed by atoms with E-state index in [1.807, 2.05) is 0 Å². The van der Waals surface area contributed by atoms with Crippen LogP contribution in [0.2, 0.25) is 5.02 Å². The van der Waals surface area contributed by atoms with E-state index in [1.54, 1.807) is 26.2 Å². The minimum absolute atomic E-state index is 0.294. The molecule has 0 saturated heterocycles. The summed E-state index contributed by atoms with van der Waals surface area (Å²) in [4.78, 5) is 4.71. The lowest BCUT2D eigenvalue weighted by atomic mass is 10.1. The van der Waals surface area contributed by atoms with Gasteiger partial charge in [-0.3, -0.25) is 4.84 Å². The average molecular weight is 232 g/mol. The molecule has 0 spiro atoms. The molecule has 0 heterocycles. The highest BCUT2D eigenvalue weighted by molar-refractivity contribution is 6.33. The van der Waals surface area contributed by atoms with Crippen molar-refractivity contribution in [1.82, 2.24) is 0 Å². The van der Waals surface area contributed by atoms with Crippen LogP contribution in [0, 0.1) is 0 Å². The summed E-state index contributed by atoms with van der Waals surface area (Å²) in [6.45, 7) is 1.80. The Balaban J connectivity index is 3.22. The largest absolute Gasteiger partial charge is 0.493 e. The van der Waals surface area contributed by atoms with Crippen LogP contribution in [-0.4, -0.2) is 14.2 Å². The highest BCUT2D eigenvalue weighted by Crippen LogP contribution is 2.39. The maximum absolute atomic E-state index is 6.13. The normalized spacial score (nSPS) is 12.3. The molecule has 0 aliphatic carbocycles. The summed E-state index contributed by atoms with van der Waals surface area (Å²) >= 11 is 6.13. The van der Waals surface area contributed by atoms with Crippen LogP contribution in [0.25, 0.3) is 0 Å². The molecule has 1 atom stereocenters. The lowest BCUT2D eigenvalue weighted by Crippen LogP contribution is -2.06. The first-order valence-electron chi connectivity index (χ1n) is 4.41.